The maximum atomic E-state index is 14.2. The Hall–Kier alpha value is -3.53. The quantitative estimate of drug-likeness (QED) is 0.514. The number of fused-ring (bicyclic) bond motifs is 1. The van der Waals surface area contributed by atoms with Gasteiger partial charge in [-0.3, -0.25) is 0 Å². The Labute approximate surface area is 160 Å². The number of hydrogen-bond acceptors (Lipinski definition) is 3. The van der Waals surface area contributed by atoms with Crippen LogP contribution < -0.4 is 0 Å². The van der Waals surface area contributed by atoms with Crippen LogP contribution in [0, 0.1) is 23.0 Å². The van der Waals surface area contributed by atoms with Crippen LogP contribution in [0.15, 0.2) is 48.8 Å². The molecule has 0 aliphatic carbocycles. The van der Waals surface area contributed by atoms with Gasteiger partial charge >= 0.3 is 0 Å². The van der Waals surface area contributed by atoms with Crippen molar-refractivity contribution in [3.05, 3.63) is 71.8 Å². The highest BCUT2D eigenvalue weighted by Gasteiger charge is 2.16. The summed E-state index contributed by atoms with van der Waals surface area (Å²) < 4.78 is 31.7. The van der Waals surface area contributed by atoms with E-state index >= 15 is 0 Å². The van der Waals surface area contributed by atoms with Crippen LogP contribution in [-0.4, -0.2) is 19.1 Å². The summed E-state index contributed by atoms with van der Waals surface area (Å²) in [7, 11) is 0. The van der Waals surface area contributed by atoms with Crippen molar-refractivity contribution in [3.8, 4) is 17.5 Å². The van der Waals surface area contributed by atoms with Crippen molar-refractivity contribution < 1.29 is 8.78 Å². The first-order valence-corrected chi connectivity index (χ1v) is 8.96. The van der Waals surface area contributed by atoms with Crippen molar-refractivity contribution >= 4 is 11.0 Å². The van der Waals surface area contributed by atoms with Crippen LogP contribution in [-0.2, 0) is 13.1 Å². The highest BCUT2D eigenvalue weighted by Crippen LogP contribution is 2.24. The van der Waals surface area contributed by atoms with Crippen molar-refractivity contribution in [2.75, 3.05) is 0 Å². The highest BCUT2D eigenvalue weighted by atomic mass is 19.1. The molecule has 0 radical (unpaired) electrons. The van der Waals surface area contributed by atoms with Gasteiger partial charge in [-0.05, 0) is 42.8 Å². The Morgan fingerprint density at radius 3 is 2.79 bits per heavy atom. The summed E-state index contributed by atoms with van der Waals surface area (Å²) in [5, 5.41) is 9.13. The van der Waals surface area contributed by atoms with E-state index in [0.29, 0.717) is 17.9 Å². The molecule has 0 atom stereocenters. The molecule has 28 heavy (non-hydrogen) atoms. The van der Waals surface area contributed by atoms with Gasteiger partial charge in [-0.25, -0.2) is 18.7 Å². The van der Waals surface area contributed by atoms with E-state index in [1.807, 2.05) is 6.07 Å². The van der Waals surface area contributed by atoms with Gasteiger partial charge in [0.2, 0.25) is 0 Å². The molecule has 2 heterocycles. The summed E-state index contributed by atoms with van der Waals surface area (Å²) in [6.07, 6.45) is 4.18. The van der Waals surface area contributed by atoms with E-state index in [2.05, 4.69) is 27.5 Å². The first-order valence-electron chi connectivity index (χ1n) is 8.96. The first-order chi connectivity index (χ1) is 13.6. The Kier molecular flexibility index (Phi) is 4.62. The van der Waals surface area contributed by atoms with Gasteiger partial charge in [0.1, 0.15) is 23.3 Å². The molecule has 0 fully saturated rings. The molecule has 7 heteroatoms. The number of aryl methyl sites for hydroxylation is 1. The minimum atomic E-state index is -0.533. The molecule has 0 aliphatic rings. The second kappa shape index (κ2) is 7.24. The lowest BCUT2D eigenvalue weighted by atomic mass is 10.2. The Morgan fingerprint density at radius 2 is 2.00 bits per heavy atom. The molecular formula is C21H17F2N5. The van der Waals surface area contributed by atoms with Crippen molar-refractivity contribution in [2.45, 2.75) is 26.4 Å². The molecule has 0 bridgehead atoms. The molecule has 0 saturated carbocycles. The Bertz CT molecular complexity index is 1200. The van der Waals surface area contributed by atoms with Gasteiger partial charge in [0.25, 0.3) is 0 Å². The Balaban J connectivity index is 1.79. The van der Waals surface area contributed by atoms with Crippen molar-refractivity contribution in [1.29, 1.82) is 5.26 Å². The third kappa shape index (κ3) is 3.14. The van der Waals surface area contributed by atoms with Crippen LogP contribution in [0.3, 0.4) is 0 Å². The zero-order chi connectivity index (χ0) is 19.7. The summed E-state index contributed by atoms with van der Waals surface area (Å²) in [6.45, 7) is 3.18. The second-order valence-electron chi connectivity index (χ2n) is 6.50. The van der Waals surface area contributed by atoms with Gasteiger partial charge < -0.3 is 9.13 Å². The SMILES string of the molecule is CCCn1c(Cn2ccnc2-c2cc(F)ccc2F)nc2cc(C#N)ccc21. The highest BCUT2D eigenvalue weighted by molar-refractivity contribution is 5.77. The maximum absolute atomic E-state index is 14.2. The summed E-state index contributed by atoms with van der Waals surface area (Å²) >= 11 is 0. The monoisotopic (exact) mass is 377 g/mol. The lowest BCUT2D eigenvalue weighted by molar-refractivity contribution is 0.598. The van der Waals surface area contributed by atoms with Gasteiger partial charge in [0.05, 0.1) is 34.8 Å². The van der Waals surface area contributed by atoms with Gasteiger partial charge in [0.15, 0.2) is 0 Å². The molecule has 0 spiro atoms. The third-order valence-electron chi connectivity index (χ3n) is 4.60. The van der Waals surface area contributed by atoms with Crippen LogP contribution in [0.4, 0.5) is 8.78 Å². The molecule has 0 amide bonds. The number of imidazole rings is 2. The largest absolute Gasteiger partial charge is 0.326 e. The van der Waals surface area contributed by atoms with E-state index < -0.39 is 11.6 Å². The average molecular weight is 377 g/mol. The molecule has 140 valence electrons. The summed E-state index contributed by atoms with van der Waals surface area (Å²) in [6, 6.07) is 10.9. The lowest BCUT2D eigenvalue weighted by Gasteiger charge is -2.11. The van der Waals surface area contributed by atoms with Crippen molar-refractivity contribution in [1.82, 2.24) is 19.1 Å². The minimum Gasteiger partial charge on any atom is -0.326 e. The van der Waals surface area contributed by atoms with E-state index in [-0.39, 0.29) is 5.56 Å². The number of nitrogens with zero attached hydrogens (tertiary/aromatic N) is 5. The fourth-order valence-electron chi connectivity index (χ4n) is 3.35. The van der Waals surface area contributed by atoms with Crippen LogP contribution in [0.1, 0.15) is 24.7 Å². The zero-order valence-electron chi connectivity index (χ0n) is 15.2. The molecule has 0 unspecified atom stereocenters. The minimum absolute atomic E-state index is 0.106. The fourth-order valence-corrected chi connectivity index (χ4v) is 3.35. The standard InChI is InChI=1S/C21H17F2N5/c1-2-8-28-19-6-3-14(12-24)10-18(19)26-20(28)13-27-9-7-25-21(27)16-11-15(22)4-5-17(16)23/h3-7,9-11H,2,8,13H2,1H3. The number of hydrogen-bond donors (Lipinski definition) is 0. The van der Waals surface area contributed by atoms with E-state index in [1.54, 1.807) is 29.1 Å². The number of halogens is 2. The molecule has 0 aliphatic heterocycles. The molecule has 0 N–H and O–H groups in total. The predicted molar refractivity (Wildman–Crippen MR) is 101 cm³/mol. The number of aromatic nitrogens is 4. The lowest BCUT2D eigenvalue weighted by Crippen LogP contribution is -2.10. The van der Waals surface area contributed by atoms with Crippen LogP contribution in [0.2, 0.25) is 0 Å². The fraction of sp³-hybridized carbons (Fsp3) is 0.190. The van der Waals surface area contributed by atoms with E-state index in [1.165, 1.54) is 0 Å². The summed E-state index contributed by atoms with van der Waals surface area (Å²) in [5.41, 5.74) is 2.33. The molecule has 2 aromatic carbocycles. The number of rotatable bonds is 5. The summed E-state index contributed by atoms with van der Waals surface area (Å²) in [5.74, 6) is 0.0515. The second-order valence-corrected chi connectivity index (χ2v) is 6.50. The number of benzene rings is 2. The Morgan fingerprint density at radius 1 is 1.14 bits per heavy atom. The molecule has 0 saturated heterocycles. The van der Waals surface area contributed by atoms with Crippen LogP contribution >= 0.6 is 0 Å². The van der Waals surface area contributed by atoms with E-state index in [0.717, 1.165) is 48.0 Å². The van der Waals surface area contributed by atoms with Crippen molar-refractivity contribution in [2.24, 2.45) is 0 Å². The average Bonchev–Trinajstić information content (AvgIpc) is 3.28. The zero-order valence-corrected chi connectivity index (χ0v) is 15.2. The molecule has 2 aromatic heterocycles. The van der Waals surface area contributed by atoms with Crippen LogP contribution in [0.5, 0.6) is 0 Å². The maximum Gasteiger partial charge on any atom is 0.143 e. The first kappa shape index (κ1) is 17.9. The van der Waals surface area contributed by atoms with E-state index in [4.69, 9.17) is 5.26 Å². The molecule has 4 rings (SSSR count). The molecule has 4 aromatic rings. The number of nitriles is 1. The predicted octanol–water partition coefficient (Wildman–Crippen LogP) is 4.51. The third-order valence-corrected chi connectivity index (χ3v) is 4.60. The topological polar surface area (TPSA) is 59.4 Å². The van der Waals surface area contributed by atoms with E-state index in [9.17, 15) is 8.78 Å². The van der Waals surface area contributed by atoms with Gasteiger partial charge in [-0.15, -0.1) is 0 Å². The smallest absolute Gasteiger partial charge is 0.143 e. The molecule has 5 nitrogen and oxygen atoms in total. The van der Waals surface area contributed by atoms with Crippen LogP contribution in [0.25, 0.3) is 22.4 Å². The van der Waals surface area contributed by atoms with Gasteiger partial charge in [-0.2, -0.15) is 5.26 Å². The van der Waals surface area contributed by atoms with Crippen molar-refractivity contribution in [3.63, 3.8) is 0 Å². The summed E-state index contributed by atoms with van der Waals surface area (Å²) in [4.78, 5) is 8.90. The van der Waals surface area contributed by atoms with Gasteiger partial charge in [0, 0.05) is 18.9 Å². The normalized spacial score (nSPS) is 11.1. The molecular weight excluding hydrogens is 360 g/mol. The van der Waals surface area contributed by atoms with Gasteiger partial charge in [-0.1, -0.05) is 6.92 Å².